The number of hydrogen-bond acceptors (Lipinski definition) is 4. The number of anilines is 2. The SMILES string of the molecule is CCc1csc(Nc2ccc(C(=O)O)c(F)c2)n1. The fraction of sp³-hybridized carbons (Fsp3) is 0.167. The standard InChI is InChI=1S/C12H11FN2O2S/c1-2-7-6-18-12(14-7)15-8-3-4-9(11(16)17)10(13)5-8/h3-6H,2H2,1H3,(H,14,15)(H,16,17). The summed E-state index contributed by atoms with van der Waals surface area (Å²) in [7, 11) is 0. The Balaban J connectivity index is 2.19. The highest BCUT2D eigenvalue weighted by Gasteiger charge is 2.10. The van der Waals surface area contributed by atoms with Crippen molar-refractivity contribution in [3.63, 3.8) is 0 Å². The van der Waals surface area contributed by atoms with Gasteiger partial charge in [0, 0.05) is 11.1 Å². The van der Waals surface area contributed by atoms with Crippen LogP contribution in [0.1, 0.15) is 23.0 Å². The van der Waals surface area contributed by atoms with E-state index >= 15 is 0 Å². The summed E-state index contributed by atoms with van der Waals surface area (Å²) in [5, 5.41) is 14.2. The van der Waals surface area contributed by atoms with E-state index in [1.165, 1.54) is 23.5 Å². The molecule has 0 amide bonds. The van der Waals surface area contributed by atoms with Crippen LogP contribution in [0.3, 0.4) is 0 Å². The molecule has 18 heavy (non-hydrogen) atoms. The third-order valence-corrected chi connectivity index (χ3v) is 3.17. The Morgan fingerprint density at radius 3 is 2.89 bits per heavy atom. The topological polar surface area (TPSA) is 62.2 Å². The van der Waals surface area contributed by atoms with Gasteiger partial charge in [-0.15, -0.1) is 11.3 Å². The molecule has 4 nitrogen and oxygen atoms in total. The van der Waals surface area contributed by atoms with Gasteiger partial charge in [-0.05, 0) is 24.6 Å². The molecule has 2 rings (SSSR count). The predicted octanol–water partition coefficient (Wildman–Crippen LogP) is 3.29. The number of halogens is 1. The number of nitrogens with zero attached hydrogens (tertiary/aromatic N) is 1. The number of nitrogens with one attached hydrogen (secondary N) is 1. The van der Waals surface area contributed by atoms with Crippen molar-refractivity contribution < 1.29 is 14.3 Å². The first-order valence-corrected chi connectivity index (χ1v) is 6.22. The van der Waals surface area contributed by atoms with Crippen molar-refractivity contribution >= 4 is 28.1 Å². The lowest BCUT2D eigenvalue weighted by Crippen LogP contribution is -2.01. The molecule has 0 saturated carbocycles. The summed E-state index contributed by atoms with van der Waals surface area (Å²) < 4.78 is 13.4. The van der Waals surface area contributed by atoms with E-state index in [1.54, 1.807) is 0 Å². The molecular weight excluding hydrogens is 255 g/mol. The molecule has 94 valence electrons. The highest BCUT2D eigenvalue weighted by Crippen LogP contribution is 2.22. The van der Waals surface area contributed by atoms with E-state index in [2.05, 4.69) is 10.3 Å². The number of aromatic nitrogens is 1. The average Bonchev–Trinajstić information content (AvgIpc) is 2.76. The van der Waals surface area contributed by atoms with Crippen molar-refractivity contribution in [2.75, 3.05) is 5.32 Å². The van der Waals surface area contributed by atoms with Crippen molar-refractivity contribution in [2.24, 2.45) is 0 Å². The monoisotopic (exact) mass is 266 g/mol. The largest absolute Gasteiger partial charge is 0.478 e. The van der Waals surface area contributed by atoms with Gasteiger partial charge >= 0.3 is 5.97 Å². The Morgan fingerprint density at radius 1 is 1.56 bits per heavy atom. The van der Waals surface area contributed by atoms with E-state index in [1.807, 2.05) is 12.3 Å². The zero-order valence-electron chi connectivity index (χ0n) is 9.61. The Bertz CT molecular complexity index is 583. The first kappa shape index (κ1) is 12.5. The van der Waals surface area contributed by atoms with Crippen molar-refractivity contribution in [3.8, 4) is 0 Å². The fourth-order valence-corrected chi connectivity index (χ4v) is 2.23. The maximum Gasteiger partial charge on any atom is 0.338 e. The molecule has 0 aliphatic rings. The molecule has 2 N–H and O–H groups in total. The molecule has 0 unspecified atom stereocenters. The van der Waals surface area contributed by atoms with Crippen LogP contribution >= 0.6 is 11.3 Å². The van der Waals surface area contributed by atoms with Crippen LogP contribution in [0.2, 0.25) is 0 Å². The minimum atomic E-state index is -1.28. The summed E-state index contributed by atoms with van der Waals surface area (Å²) in [4.78, 5) is 14.9. The van der Waals surface area contributed by atoms with Crippen LogP contribution in [0.15, 0.2) is 23.6 Å². The fourth-order valence-electron chi connectivity index (χ4n) is 1.42. The molecule has 1 heterocycles. The van der Waals surface area contributed by atoms with Crippen LogP contribution < -0.4 is 5.32 Å². The number of carboxylic acid groups (broad SMARTS) is 1. The van der Waals surface area contributed by atoms with Gasteiger partial charge < -0.3 is 10.4 Å². The molecule has 0 spiro atoms. The van der Waals surface area contributed by atoms with Crippen LogP contribution in [0.25, 0.3) is 0 Å². The summed E-state index contributed by atoms with van der Waals surface area (Å²) in [5.74, 6) is -2.04. The summed E-state index contributed by atoms with van der Waals surface area (Å²) >= 11 is 1.42. The van der Waals surface area contributed by atoms with Gasteiger partial charge in [0.15, 0.2) is 5.13 Å². The minimum absolute atomic E-state index is 0.339. The zero-order chi connectivity index (χ0) is 13.1. The third-order valence-electron chi connectivity index (χ3n) is 2.36. The summed E-state index contributed by atoms with van der Waals surface area (Å²) in [6.07, 6.45) is 0.838. The molecule has 6 heteroatoms. The van der Waals surface area contributed by atoms with Crippen LogP contribution in [-0.2, 0) is 6.42 Å². The maximum atomic E-state index is 13.4. The first-order valence-electron chi connectivity index (χ1n) is 5.34. The number of benzene rings is 1. The van der Waals surface area contributed by atoms with E-state index in [0.29, 0.717) is 10.8 Å². The van der Waals surface area contributed by atoms with Crippen molar-refractivity contribution in [3.05, 3.63) is 40.7 Å². The molecule has 0 saturated heterocycles. The quantitative estimate of drug-likeness (QED) is 0.891. The van der Waals surface area contributed by atoms with Gasteiger partial charge in [0.25, 0.3) is 0 Å². The number of hydrogen-bond donors (Lipinski definition) is 2. The molecule has 2 aromatic rings. The summed E-state index contributed by atoms with van der Waals surface area (Å²) in [5.41, 5.74) is 1.11. The van der Waals surface area contributed by atoms with Crippen LogP contribution in [-0.4, -0.2) is 16.1 Å². The molecule has 0 aliphatic carbocycles. The second-order valence-electron chi connectivity index (χ2n) is 3.62. The van der Waals surface area contributed by atoms with E-state index < -0.39 is 11.8 Å². The second kappa shape index (κ2) is 5.14. The lowest BCUT2D eigenvalue weighted by molar-refractivity contribution is 0.0692. The van der Waals surface area contributed by atoms with Gasteiger partial charge in [-0.2, -0.15) is 0 Å². The predicted molar refractivity (Wildman–Crippen MR) is 68.1 cm³/mol. The van der Waals surface area contributed by atoms with Gasteiger partial charge in [0.05, 0.1) is 11.3 Å². The lowest BCUT2D eigenvalue weighted by atomic mass is 10.2. The Labute approximate surface area is 107 Å². The highest BCUT2D eigenvalue weighted by molar-refractivity contribution is 7.13. The molecule has 0 atom stereocenters. The van der Waals surface area contributed by atoms with Gasteiger partial charge in [0.2, 0.25) is 0 Å². The maximum absolute atomic E-state index is 13.4. The Kier molecular flexibility index (Phi) is 3.57. The van der Waals surface area contributed by atoms with Crippen LogP contribution in [0.4, 0.5) is 15.2 Å². The zero-order valence-corrected chi connectivity index (χ0v) is 10.4. The molecule has 0 fully saturated rings. The molecule has 1 aromatic carbocycles. The summed E-state index contributed by atoms with van der Waals surface area (Å²) in [6.45, 7) is 2.00. The number of thiazole rings is 1. The minimum Gasteiger partial charge on any atom is -0.478 e. The van der Waals surface area contributed by atoms with Gasteiger partial charge in [-0.3, -0.25) is 0 Å². The number of carboxylic acids is 1. The first-order chi connectivity index (χ1) is 8.60. The highest BCUT2D eigenvalue weighted by atomic mass is 32.1. The number of aryl methyl sites for hydroxylation is 1. The number of rotatable bonds is 4. The van der Waals surface area contributed by atoms with Gasteiger partial charge in [-0.25, -0.2) is 14.2 Å². The van der Waals surface area contributed by atoms with Gasteiger partial charge in [-0.1, -0.05) is 6.92 Å². The van der Waals surface area contributed by atoms with E-state index in [9.17, 15) is 9.18 Å². The van der Waals surface area contributed by atoms with Crippen molar-refractivity contribution in [1.29, 1.82) is 0 Å². The Morgan fingerprint density at radius 2 is 2.33 bits per heavy atom. The van der Waals surface area contributed by atoms with Gasteiger partial charge in [0.1, 0.15) is 5.82 Å². The third kappa shape index (κ3) is 2.65. The smallest absolute Gasteiger partial charge is 0.338 e. The van der Waals surface area contributed by atoms with Crippen LogP contribution in [0, 0.1) is 5.82 Å². The molecule has 0 bridgehead atoms. The second-order valence-corrected chi connectivity index (χ2v) is 4.48. The van der Waals surface area contributed by atoms with E-state index in [-0.39, 0.29) is 5.56 Å². The lowest BCUT2D eigenvalue weighted by Gasteiger charge is -2.04. The van der Waals surface area contributed by atoms with Crippen LogP contribution in [0.5, 0.6) is 0 Å². The number of carbonyl (C=O) groups is 1. The molecule has 0 aliphatic heterocycles. The molecular formula is C12H11FN2O2S. The Hall–Kier alpha value is -1.95. The average molecular weight is 266 g/mol. The van der Waals surface area contributed by atoms with Crippen molar-refractivity contribution in [1.82, 2.24) is 4.98 Å². The normalized spacial score (nSPS) is 10.3. The summed E-state index contributed by atoms with van der Waals surface area (Å²) in [6, 6.07) is 3.89. The van der Waals surface area contributed by atoms with E-state index in [0.717, 1.165) is 18.2 Å². The number of aromatic carboxylic acids is 1. The molecule has 1 aromatic heterocycles. The van der Waals surface area contributed by atoms with E-state index in [4.69, 9.17) is 5.11 Å². The molecule has 0 radical (unpaired) electrons. The van der Waals surface area contributed by atoms with Crippen molar-refractivity contribution in [2.45, 2.75) is 13.3 Å².